The smallest absolute Gasteiger partial charge is 0.243 e. The average Bonchev–Trinajstić information content (AvgIpc) is 2.39. The van der Waals surface area contributed by atoms with E-state index < -0.39 is 10.0 Å². The Bertz CT molecular complexity index is 582. The number of nitrogens with zero attached hydrogens (tertiary/aromatic N) is 1. The summed E-state index contributed by atoms with van der Waals surface area (Å²) in [5, 5.41) is 0. The average molecular weight is 283 g/mol. The van der Waals surface area contributed by atoms with Crippen LogP contribution in [0.25, 0.3) is 0 Å². The van der Waals surface area contributed by atoms with Crippen LogP contribution in [0.5, 0.6) is 0 Å². The summed E-state index contributed by atoms with van der Waals surface area (Å²) in [5.74, 6) is -0.146. The number of rotatable bonds is 3. The molecule has 104 valence electrons. The lowest BCUT2D eigenvalue weighted by Gasteiger charge is -2.32. The molecule has 1 heterocycles. The van der Waals surface area contributed by atoms with Crippen molar-refractivity contribution < 1.29 is 17.9 Å². The Hall–Kier alpha value is -1.24. The van der Waals surface area contributed by atoms with Crippen molar-refractivity contribution in [3.8, 4) is 0 Å². The van der Waals surface area contributed by atoms with Crippen molar-refractivity contribution in [1.82, 2.24) is 4.31 Å². The number of carbonyl (C=O) groups excluding carboxylic acids is 1. The molecule has 1 aromatic carbocycles. The maximum atomic E-state index is 12.5. The lowest BCUT2D eigenvalue weighted by Crippen LogP contribution is -2.46. The van der Waals surface area contributed by atoms with Crippen LogP contribution in [0.3, 0.4) is 0 Å². The summed E-state index contributed by atoms with van der Waals surface area (Å²) >= 11 is 0. The summed E-state index contributed by atoms with van der Waals surface area (Å²) < 4.78 is 31.7. The maximum Gasteiger partial charge on any atom is 0.243 e. The van der Waals surface area contributed by atoms with Gasteiger partial charge in [0.2, 0.25) is 10.0 Å². The van der Waals surface area contributed by atoms with Gasteiger partial charge in [-0.05, 0) is 26.0 Å². The van der Waals surface area contributed by atoms with E-state index >= 15 is 0 Å². The summed E-state index contributed by atoms with van der Waals surface area (Å²) in [4.78, 5) is 11.5. The van der Waals surface area contributed by atoms with Crippen LogP contribution in [0.2, 0.25) is 0 Å². The molecule has 0 saturated carbocycles. The molecule has 6 heteroatoms. The Morgan fingerprint density at radius 2 is 2.16 bits per heavy atom. The van der Waals surface area contributed by atoms with E-state index in [-0.39, 0.29) is 16.7 Å². The highest BCUT2D eigenvalue weighted by molar-refractivity contribution is 7.89. The highest BCUT2D eigenvalue weighted by atomic mass is 32.2. The van der Waals surface area contributed by atoms with E-state index in [9.17, 15) is 13.2 Å². The predicted molar refractivity (Wildman–Crippen MR) is 70.6 cm³/mol. The molecule has 19 heavy (non-hydrogen) atoms. The SMILES string of the molecule is CC(=O)c1cccc(S(=O)(=O)N2CCOC[C@H]2C)c1. The number of hydrogen-bond donors (Lipinski definition) is 0. The van der Waals surface area contributed by atoms with Crippen LogP contribution in [-0.2, 0) is 14.8 Å². The molecule has 0 amide bonds. The number of sulfonamides is 1. The lowest BCUT2D eigenvalue weighted by molar-refractivity contribution is 0.0393. The summed E-state index contributed by atoms with van der Waals surface area (Å²) in [6.07, 6.45) is 0. The third-order valence-electron chi connectivity index (χ3n) is 3.15. The molecule has 1 fully saturated rings. The van der Waals surface area contributed by atoms with Gasteiger partial charge in [-0.1, -0.05) is 12.1 Å². The zero-order valence-electron chi connectivity index (χ0n) is 11.0. The fourth-order valence-electron chi connectivity index (χ4n) is 2.08. The van der Waals surface area contributed by atoms with Gasteiger partial charge in [0.25, 0.3) is 0 Å². The topological polar surface area (TPSA) is 63.7 Å². The van der Waals surface area contributed by atoms with Crippen molar-refractivity contribution in [3.63, 3.8) is 0 Å². The predicted octanol–water partition coefficient (Wildman–Crippen LogP) is 1.30. The number of carbonyl (C=O) groups is 1. The van der Waals surface area contributed by atoms with Gasteiger partial charge in [-0.2, -0.15) is 4.31 Å². The van der Waals surface area contributed by atoms with Crippen LogP contribution < -0.4 is 0 Å². The van der Waals surface area contributed by atoms with Gasteiger partial charge in [0, 0.05) is 18.2 Å². The normalized spacial score (nSPS) is 21.3. The molecule has 1 atom stereocenters. The van der Waals surface area contributed by atoms with Crippen molar-refractivity contribution in [2.45, 2.75) is 24.8 Å². The van der Waals surface area contributed by atoms with Crippen LogP contribution in [0.1, 0.15) is 24.2 Å². The van der Waals surface area contributed by atoms with Gasteiger partial charge in [0.15, 0.2) is 5.78 Å². The number of Topliss-reactive ketones (excluding diaryl/α,β-unsaturated/α-hetero) is 1. The maximum absolute atomic E-state index is 12.5. The molecule has 0 bridgehead atoms. The van der Waals surface area contributed by atoms with E-state index in [0.29, 0.717) is 25.3 Å². The highest BCUT2D eigenvalue weighted by Crippen LogP contribution is 2.21. The molecule has 0 spiro atoms. The molecule has 0 N–H and O–H groups in total. The monoisotopic (exact) mass is 283 g/mol. The molecule has 0 radical (unpaired) electrons. The Morgan fingerprint density at radius 3 is 2.79 bits per heavy atom. The Balaban J connectivity index is 2.38. The second kappa shape index (κ2) is 5.40. The van der Waals surface area contributed by atoms with Crippen molar-refractivity contribution in [2.75, 3.05) is 19.8 Å². The fraction of sp³-hybridized carbons (Fsp3) is 0.462. The molecule has 2 rings (SSSR count). The number of ether oxygens (including phenoxy) is 1. The molecular formula is C13H17NO4S. The van der Waals surface area contributed by atoms with Gasteiger partial charge in [-0.3, -0.25) is 4.79 Å². The zero-order chi connectivity index (χ0) is 14.0. The number of ketones is 1. The molecule has 1 aliphatic heterocycles. The van der Waals surface area contributed by atoms with Crippen molar-refractivity contribution in [1.29, 1.82) is 0 Å². The Labute approximate surface area is 113 Å². The fourth-order valence-corrected chi connectivity index (χ4v) is 3.73. The Kier molecular flexibility index (Phi) is 4.03. The first-order valence-corrected chi connectivity index (χ1v) is 7.57. The Morgan fingerprint density at radius 1 is 1.42 bits per heavy atom. The van der Waals surface area contributed by atoms with Gasteiger partial charge in [-0.15, -0.1) is 0 Å². The molecule has 1 saturated heterocycles. The molecule has 5 nitrogen and oxygen atoms in total. The van der Waals surface area contributed by atoms with Gasteiger partial charge in [-0.25, -0.2) is 8.42 Å². The van der Waals surface area contributed by atoms with E-state index in [1.54, 1.807) is 12.1 Å². The first-order valence-electron chi connectivity index (χ1n) is 6.13. The summed E-state index contributed by atoms with van der Waals surface area (Å²) in [6.45, 7) is 4.37. The minimum atomic E-state index is -3.57. The van der Waals surface area contributed by atoms with Gasteiger partial charge in [0.1, 0.15) is 0 Å². The van der Waals surface area contributed by atoms with Crippen LogP contribution in [0.15, 0.2) is 29.2 Å². The number of benzene rings is 1. The molecular weight excluding hydrogens is 266 g/mol. The third-order valence-corrected chi connectivity index (χ3v) is 5.16. The molecule has 0 aliphatic carbocycles. The summed E-state index contributed by atoms with van der Waals surface area (Å²) in [7, 11) is -3.57. The van der Waals surface area contributed by atoms with Crippen LogP contribution in [-0.4, -0.2) is 44.3 Å². The van der Waals surface area contributed by atoms with Crippen LogP contribution in [0, 0.1) is 0 Å². The largest absolute Gasteiger partial charge is 0.378 e. The number of morpholine rings is 1. The van der Waals surface area contributed by atoms with Crippen molar-refractivity contribution >= 4 is 15.8 Å². The second-order valence-corrected chi connectivity index (χ2v) is 6.51. The molecule has 1 aliphatic rings. The molecule has 0 unspecified atom stereocenters. The lowest BCUT2D eigenvalue weighted by atomic mass is 10.2. The molecule has 0 aromatic heterocycles. The van der Waals surface area contributed by atoms with Crippen LogP contribution >= 0.6 is 0 Å². The first kappa shape index (κ1) is 14.2. The first-order chi connectivity index (χ1) is 8.93. The highest BCUT2D eigenvalue weighted by Gasteiger charge is 2.31. The van der Waals surface area contributed by atoms with E-state index in [1.807, 2.05) is 6.92 Å². The minimum absolute atomic E-state index is 0.146. The van der Waals surface area contributed by atoms with Gasteiger partial charge in [0.05, 0.1) is 18.1 Å². The van der Waals surface area contributed by atoms with Crippen LogP contribution in [0.4, 0.5) is 0 Å². The molecule has 1 aromatic rings. The van der Waals surface area contributed by atoms with Gasteiger partial charge < -0.3 is 4.74 Å². The van der Waals surface area contributed by atoms with Crippen molar-refractivity contribution in [3.05, 3.63) is 29.8 Å². The quantitative estimate of drug-likeness (QED) is 0.784. The van der Waals surface area contributed by atoms with E-state index in [2.05, 4.69) is 0 Å². The van der Waals surface area contributed by atoms with E-state index in [1.165, 1.54) is 23.4 Å². The zero-order valence-corrected chi connectivity index (χ0v) is 11.8. The summed E-state index contributed by atoms with van der Waals surface area (Å²) in [6, 6.07) is 5.96. The van der Waals surface area contributed by atoms with Crippen molar-refractivity contribution in [2.24, 2.45) is 0 Å². The van der Waals surface area contributed by atoms with Gasteiger partial charge >= 0.3 is 0 Å². The van der Waals surface area contributed by atoms with E-state index in [4.69, 9.17) is 4.74 Å². The minimum Gasteiger partial charge on any atom is -0.378 e. The van der Waals surface area contributed by atoms with E-state index in [0.717, 1.165) is 0 Å². The third kappa shape index (κ3) is 2.86. The standard InChI is InChI=1S/C13H17NO4S/c1-10-9-18-7-6-14(10)19(16,17)13-5-3-4-12(8-13)11(2)15/h3-5,8,10H,6-7,9H2,1-2H3/t10-/m1/s1. The number of hydrogen-bond acceptors (Lipinski definition) is 4. The second-order valence-electron chi connectivity index (χ2n) is 4.62. The summed E-state index contributed by atoms with van der Waals surface area (Å²) in [5.41, 5.74) is 0.405.